The number of aliphatic hydroxyl groups is 1. The van der Waals surface area contributed by atoms with Crippen molar-refractivity contribution in [3.8, 4) is 11.5 Å². The van der Waals surface area contributed by atoms with Crippen LogP contribution in [-0.2, 0) is 12.0 Å². The van der Waals surface area contributed by atoms with Crippen LogP contribution in [0.3, 0.4) is 0 Å². The molecular weight excluding hydrogens is 354 g/mol. The largest absolute Gasteiger partial charge is 0.389 e. The number of rotatable bonds is 5. The Morgan fingerprint density at radius 3 is 2.73 bits per heavy atom. The van der Waals surface area contributed by atoms with Crippen molar-refractivity contribution in [2.45, 2.75) is 50.7 Å². The van der Waals surface area contributed by atoms with Crippen LogP contribution in [0.1, 0.15) is 44.5 Å². The molecule has 1 fully saturated rings. The number of pyridine rings is 1. The Morgan fingerprint density at radius 1 is 1.31 bits per heavy atom. The molecule has 4 rings (SSSR count). The second-order valence-electron chi connectivity index (χ2n) is 7.47. The molecule has 8 heteroatoms. The first-order valence-corrected chi connectivity index (χ1v) is 8.95. The fourth-order valence-corrected chi connectivity index (χ4v) is 3.43. The third-order valence-corrected chi connectivity index (χ3v) is 4.99. The summed E-state index contributed by atoms with van der Waals surface area (Å²) in [6.07, 6.45) is 8.27. The lowest BCUT2D eigenvalue weighted by molar-refractivity contribution is 0.0577. The highest BCUT2D eigenvalue weighted by Crippen LogP contribution is 2.48. The summed E-state index contributed by atoms with van der Waals surface area (Å²) in [4.78, 5) is 8.83. The van der Waals surface area contributed by atoms with Crippen molar-refractivity contribution in [2.24, 2.45) is 0 Å². The predicted octanol–water partition coefficient (Wildman–Crippen LogP) is 3.22. The van der Waals surface area contributed by atoms with Crippen LogP contribution in [0.15, 0.2) is 35.2 Å². The Bertz CT molecular complexity index is 906. The number of aromatic nitrogens is 5. The normalized spacial score (nSPS) is 16.5. The van der Waals surface area contributed by atoms with Gasteiger partial charge in [-0.05, 0) is 38.3 Å². The fraction of sp³-hybridized carbons (Fsp3) is 0.444. The van der Waals surface area contributed by atoms with Crippen LogP contribution in [-0.4, -0.2) is 35.6 Å². The molecule has 0 aromatic carbocycles. The summed E-state index contributed by atoms with van der Waals surface area (Å²) < 4.78 is 7.17. The van der Waals surface area contributed by atoms with E-state index in [1.807, 2.05) is 6.07 Å². The number of hydrogen-bond donors (Lipinski definition) is 1. The van der Waals surface area contributed by atoms with Crippen LogP contribution in [0.5, 0.6) is 0 Å². The standard InChI is InChI=1S/C18H20ClN5O2/c1-17(2,25)11-24-10-12(8-21-24)15-22-16(23-26-15)18(6-3-7-18)13-4-5-14(19)20-9-13/h4-5,8-10,25H,3,6-7,11H2,1-2H3. The van der Waals surface area contributed by atoms with Crippen molar-refractivity contribution in [1.82, 2.24) is 24.9 Å². The fourth-order valence-electron chi connectivity index (χ4n) is 3.32. The van der Waals surface area contributed by atoms with E-state index in [1.54, 1.807) is 43.2 Å². The van der Waals surface area contributed by atoms with E-state index >= 15 is 0 Å². The van der Waals surface area contributed by atoms with Crippen molar-refractivity contribution >= 4 is 11.6 Å². The Balaban J connectivity index is 1.62. The second kappa shape index (κ2) is 6.17. The summed E-state index contributed by atoms with van der Waals surface area (Å²) in [5.74, 6) is 1.09. The van der Waals surface area contributed by atoms with E-state index in [0.29, 0.717) is 23.4 Å². The van der Waals surface area contributed by atoms with Crippen molar-refractivity contribution in [1.29, 1.82) is 0 Å². The molecule has 3 heterocycles. The molecule has 0 radical (unpaired) electrons. The minimum Gasteiger partial charge on any atom is -0.389 e. The zero-order valence-corrected chi connectivity index (χ0v) is 15.4. The number of halogens is 1. The average molecular weight is 374 g/mol. The van der Waals surface area contributed by atoms with Gasteiger partial charge in [-0.2, -0.15) is 10.1 Å². The molecule has 3 aromatic rings. The molecule has 3 aromatic heterocycles. The van der Waals surface area contributed by atoms with Gasteiger partial charge in [0.05, 0.1) is 29.3 Å². The molecule has 0 atom stereocenters. The Morgan fingerprint density at radius 2 is 2.12 bits per heavy atom. The first kappa shape index (κ1) is 17.2. The van der Waals surface area contributed by atoms with E-state index in [0.717, 1.165) is 30.4 Å². The van der Waals surface area contributed by atoms with Crippen LogP contribution in [0.4, 0.5) is 0 Å². The lowest BCUT2D eigenvalue weighted by Gasteiger charge is -2.39. The highest BCUT2D eigenvalue weighted by molar-refractivity contribution is 6.29. The monoisotopic (exact) mass is 373 g/mol. The van der Waals surface area contributed by atoms with Gasteiger partial charge in [-0.25, -0.2) is 4.98 Å². The van der Waals surface area contributed by atoms with Gasteiger partial charge in [-0.15, -0.1) is 0 Å². The smallest absolute Gasteiger partial charge is 0.261 e. The highest BCUT2D eigenvalue weighted by atomic mass is 35.5. The molecule has 0 aliphatic heterocycles. The van der Waals surface area contributed by atoms with Crippen molar-refractivity contribution in [3.63, 3.8) is 0 Å². The molecule has 136 valence electrons. The van der Waals surface area contributed by atoms with Gasteiger partial charge >= 0.3 is 0 Å². The van der Waals surface area contributed by atoms with Crippen LogP contribution in [0.2, 0.25) is 5.15 Å². The van der Waals surface area contributed by atoms with Crippen LogP contribution < -0.4 is 0 Å². The molecule has 0 bridgehead atoms. The van der Waals surface area contributed by atoms with Crippen molar-refractivity contribution in [3.05, 3.63) is 47.3 Å². The first-order chi connectivity index (χ1) is 12.4. The SMILES string of the molecule is CC(C)(O)Cn1cc(-c2nc(C3(c4ccc(Cl)nc4)CCC3)no2)cn1. The predicted molar refractivity (Wildman–Crippen MR) is 95.7 cm³/mol. The zero-order chi connectivity index (χ0) is 18.4. The van der Waals surface area contributed by atoms with Gasteiger partial charge in [-0.3, -0.25) is 4.68 Å². The number of hydrogen-bond acceptors (Lipinski definition) is 6. The van der Waals surface area contributed by atoms with E-state index in [9.17, 15) is 5.11 Å². The molecule has 0 spiro atoms. The van der Waals surface area contributed by atoms with Gasteiger partial charge in [0.2, 0.25) is 0 Å². The second-order valence-corrected chi connectivity index (χ2v) is 7.85. The van der Waals surface area contributed by atoms with Gasteiger partial charge in [-0.1, -0.05) is 29.2 Å². The Labute approximate surface area is 156 Å². The van der Waals surface area contributed by atoms with Crippen LogP contribution in [0.25, 0.3) is 11.5 Å². The van der Waals surface area contributed by atoms with Crippen molar-refractivity contribution < 1.29 is 9.63 Å². The summed E-state index contributed by atoms with van der Waals surface area (Å²) in [6.45, 7) is 3.85. The molecule has 0 saturated heterocycles. The Hall–Kier alpha value is -2.25. The van der Waals surface area contributed by atoms with Gasteiger partial charge in [0, 0.05) is 12.4 Å². The van der Waals surface area contributed by atoms with Gasteiger partial charge in [0.1, 0.15) is 5.15 Å². The summed E-state index contributed by atoms with van der Waals surface area (Å²) >= 11 is 5.91. The Kier molecular flexibility index (Phi) is 4.08. The van der Waals surface area contributed by atoms with E-state index in [4.69, 9.17) is 16.1 Å². The lowest BCUT2D eigenvalue weighted by atomic mass is 9.64. The van der Waals surface area contributed by atoms with E-state index < -0.39 is 5.60 Å². The van der Waals surface area contributed by atoms with E-state index in [2.05, 4.69) is 20.2 Å². The molecule has 1 aliphatic carbocycles. The molecule has 1 saturated carbocycles. The van der Waals surface area contributed by atoms with Gasteiger partial charge < -0.3 is 9.63 Å². The van der Waals surface area contributed by atoms with E-state index in [-0.39, 0.29) is 5.41 Å². The maximum absolute atomic E-state index is 9.92. The summed E-state index contributed by atoms with van der Waals surface area (Å²) in [6, 6.07) is 3.77. The third-order valence-electron chi connectivity index (χ3n) is 4.77. The maximum Gasteiger partial charge on any atom is 0.261 e. The van der Waals surface area contributed by atoms with E-state index in [1.165, 1.54) is 0 Å². The van der Waals surface area contributed by atoms with Crippen LogP contribution >= 0.6 is 11.6 Å². The topological polar surface area (TPSA) is 89.9 Å². The average Bonchev–Trinajstić information content (AvgIpc) is 3.16. The summed E-state index contributed by atoms with van der Waals surface area (Å²) in [5.41, 5.74) is 0.679. The molecule has 0 unspecified atom stereocenters. The molecule has 1 N–H and O–H groups in total. The zero-order valence-electron chi connectivity index (χ0n) is 14.7. The molecule has 1 aliphatic rings. The molecule has 0 amide bonds. The molecular formula is C18H20ClN5O2. The molecule has 26 heavy (non-hydrogen) atoms. The summed E-state index contributed by atoms with van der Waals surface area (Å²) in [7, 11) is 0. The minimum absolute atomic E-state index is 0.261. The lowest BCUT2D eigenvalue weighted by Crippen LogP contribution is -2.36. The van der Waals surface area contributed by atoms with Gasteiger partial charge in [0.15, 0.2) is 5.82 Å². The van der Waals surface area contributed by atoms with Crippen LogP contribution in [0, 0.1) is 0 Å². The maximum atomic E-state index is 9.92. The van der Waals surface area contributed by atoms with Gasteiger partial charge in [0.25, 0.3) is 5.89 Å². The third kappa shape index (κ3) is 3.12. The molecule has 7 nitrogen and oxygen atoms in total. The summed E-state index contributed by atoms with van der Waals surface area (Å²) in [5, 5.41) is 18.9. The van der Waals surface area contributed by atoms with Crippen molar-refractivity contribution in [2.75, 3.05) is 0 Å². The quantitative estimate of drug-likeness (QED) is 0.690. The highest BCUT2D eigenvalue weighted by Gasteiger charge is 2.44. The minimum atomic E-state index is -0.846. The number of nitrogens with zero attached hydrogens (tertiary/aromatic N) is 5. The first-order valence-electron chi connectivity index (χ1n) is 8.57.